The second-order valence-corrected chi connectivity index (χ2v) is 15.6. The van der Waals surface area contributed by atoms with E-state index in [1.54, 1.807) is 0 Å². The summed E-state index contributed by atoms with van der Waals surface area (Å²) in [6, 6.07) is 71.3. The number of rotatable bonds is 8. The van der Waals surface area contributed by atoms with Gasteiger partial charge in [-0.2, -0.15) is 0 Å². The first kappa shape index (κ1) is 35.3. The van der Waals surface area contributed by atoms with Gasteiger partial charge in [-0.3, -0.25) is 0 Å². The molecule has 0 heterocycles. The SMILES string of the molecule is Cc1ccccc1-c1ccc(C)c(N(c2ccccc2)c2ccc3ccc4c(N(c5ccccc5)c5cc(-c6ccccc6C)ccc5C)ccc5ccc2c3c54)c1. The average molecular weight is 745 g/mol. The van der Waals surface area contributed by atoms with Gasteiger partial charge in [-0.15, -0.1) is 0 Å². The highest BCUT2D eigenvalue weighted by molar-refractivity contribution is 6.28. The van der Waals surface area contributed by atoms with Gasteiger partial charge in [0.25, 0.3) is 0 Å². The van der Waals surface area contributed by atoms with E-state index in [1.165, 1.54) is 88.2 Å². The van der Waals surface area contributed by atoms with Crippen LogP contribution in [0.5, 0.6) is 0 Å². The molecule has 278 valence electrons. The third-order valence-corrected chi connectivity index (χ3v) is 11.9. The molecule has 0 unspecified atom stereocenters. The summed E-state index contributed by atoms with van der Waals surface area (Å²) in [5.74, 6) is 0. The maximum atomic E-state index is 2.46. The van der Waals surface area contributed by atoms with Crippen LogP contribution in [0.4, 0.5) is 34.1 Å². The molecule has 0 fully saturated rings. The Morgan fingerprint density at radius 1 is 0.293 bits per heavy atom. The standard InChI is InChI=1S/C56H44N2/c1-37-15-11-13-21-47(37)43-25-23-39(3)53(35-43)57(45-17-7-5-8-18-45)51-33-29-41-28-32-50-52(34-30-42-27-31-49(51)55(41)56(42)50)58(46-19-9-6-10-20-46)54-36-44(26-24-40(54)4)48-22-14-12-16-38(48)2/h5-36H,1-4H3. The largest absolute Gasteiger partial charge is 0.310 e. The van der Waals surface area contributed by atoms with Crippen LogP contribution in [-0.2, 0) is 0 Å². The molecule has 0 spiro atoms. The number of hydrogen-bond acceptors (Lipinski definition) is 2. The van der Waals surface area contributed by atoms with Crippen molar-refractivity contribution in [2.75, 3.05) is 9.80 Å². The fourth-order valence-electron chi connectivity index (χ4n) is 8.96. The number of benzene rings is 10. The van der Waals surface area contributed by atoms with Crippen molar-refractivity contribution in [1.82, 2.24) is 0 Å². The van der Waals surface area contributed by atoms with E-state index in [4.69, 9.17) is 0 Å². The van der Waals surface area contributed by atoms with E-state index in [2.05, 4.69) is 232 Å². The minimum Gasteiger partial charge on any atom is -0.310 e. The van der Waals surface area contributed by atoms with Gasteiger partial charge in [-0.05, 0) is 142 Å². The molecule has 0 saturated carbocycles. The lowest BCUT2D eigenvalue weighted by Crippen LogP contribution is -2.13. The molecule has 0 aliphatic rings. The lowest BCUT2D eigenvalue weighted by Gasteiger charge is -2.31. The predicted octanol–water partition coefficient (Wildman–Crippen LogP) is 16.1. The van der Waals surface area contributed by atoms with Crippen LogP contribution in [0.2, 0.25) is 0 Å². The van der Waals surface area contributed by atoms with Crippen LogP contribution in [-0.4, -0.2) is 0 Å². The number of anilines is 6. The Morgan fingerprint density at radius 2 is 0.672 bits per heavy atom. The van der Waals surface area contributed by atoms with Crippen LogP contribution >= 0.6 is 0 Å². The molecule has 0 aliphatic carbocycles. The molecule has 10 aromatic rings. The summed E-state index contributed by atoms with van der Waals surface area (Å²) in [5, 5.41) is 7.47. The number of nitrogens with zero attached hydrogens (tertiary/aromatic N) is 2. The van der Waals surface area contributed by atoms with Crippen LogP contribution in [0.1, 0.15) is 22.3 Å². The molecule has 0 saturated heterocycles. The lowest BCUT2D eigenvalue weighted by molar-refractivity contribution is 1.26. The highest BCUT2D eigenvalue weighted by Gasteiger charge is 2.23. The van der Waals surface area contributed by atoms with Crippen LogP contribution in [0.25, 0.3) is 54.6 Å². The molecule has 0 N–H and O–H groups in total. The molecule has 2 heteroatoms. The lowest BCUT2D eigenvalue weighted by atomic mass is 9.91. The van der Waals surface area contributed by atoms with E-state index in [-0.39, 0.29) is 0 Å². The van der Waals surface area contributed by atoms with Crippen molar-refractivity contribution in [3.8, 4) is 22.3 Å². The maximum Gasteiger partial charge on any atom is 0.0540 e. The zero-order chi connectivity index (χ0) is 39.3. The third-order valence-electron chi connectivity index (χ3n) is 11.9. The van der Waals surface area contributed by atoms with Crippen LogP contribution in [0.3, 0.4) is 0 Å². The minimum atomic E-state index is 1.13. The fourth-order valence-corrected chi connectivity index (χ4v) is 8.96. The number of hydrogen-bond donors (Lipinski definition) is 0. The first-order valence-electron chi connectivity index (χ1n) is 20.2. The fraction of sp³-hybridized carbons (Fsp3) is 0.0714. The third kappa shape index (κ3) is 5.97. The van der Waals surface area contributed by atoms with E-state index < -0.39 is 0 Å². The van der Waals surface area contributed by atoms with Gasteiger partial charge in [-0.25, -0.2) is 0 Å². The van der Waals surface area contributed by atoms with E-state index >= 15 is 0 Å². The summed E-state index contributed by atoms with van der Waals surface area (Å²) in [5.41, 5.74) is 16.8. The van der Waals surface area contributed by atoms with Crippen molar-refractivity contribution in [2.24, 2.45) is 0 Å². The monoisotopic (exact) mass is 744 g/mol. The Morgan fingerprint density at radius 3 is 1.09 bits per heavy atom. The Bertz CT molecular complexity index is 2900. The number of aryl methyl sites for hydroxylation is 4. The highest BCUT2D eigenvalue weighted by Crippen LogP contribution is 2.49. The van der Waals surface area contributed by atoms with Crippen LogP contribution in [0, 0.1) is 27.7 Å². The Balaban J connectivity index is 1.21. The van der Waals surface area contributed by atoms with Crippen molar-refractivity contribution in [3.05, 3.63) is 216 Å². The minimum absolute atomic E-state index is 1.13. The quantitative estimate of drug-likeness (QED) is 0.143. The van der Waals surface area contributed by atoms with E-state index in [1.807, 2.05) is 0 Å². The van der Waals surface area contributed by atoms with Gasteiger partial charge in [0, 0.05) is 33.5 Å². The highest BCUT2D eigenvalue weighted by atomic mass is 15.2. The topological polar surface area (TPSA) is 6.48 Å². The van der Waals surface area contributed by atoms with Gasteiger partial charge in [-0.1, -0.05) is 146 Å². The molecular formula is C56H44N2. The van der Waals surface area contributed by atoms with Crippen molar-refractivity contribution >= 4 is 66.4 Å². The van der Waals surface area contributed by atoms with Crippen molar-refractivity contribution in [2.45, 2.75) is 27.7 Å². The van der Waals surface area contributed by atoms with E-state index in [0.717, 1.165) is 22.7 Å². The van der Waals surface area contributed by atoms with Gasteiger partial charge in [0.1, 0.15) is 0 Å². The second kappa shape index (κ2) is 14.4. The molecule has 58 heavy (non-hydrogen) atoms. The summed E-state index contributed by atoms with van der Waals surface area (Å²) in [4.78, 5) is 4.92. The van der Waals surface area contributed by atoms with Gasteiger partial charge >= 0.3 is 0 Å². The molecule has 10 rings (SSSR count). The molecule has 10 aromatic carbocycles. The molecule has 0 amide bonds. The average Bonchev–Trinajstić information content (AvgIpc) is 3.26. The maximum absolute atomic E-state index is 2.46. The van der Waals surface area contributed by atoms with Crippen molar-refractivity contribution in [3.63, 3.8) is 0 Å². The normalized spacial score (nSPS) is 11.4. The van der Waals surface area contributed by atoms with Gasteiger partial charge in [0.2, 0.25) is 0 Å². The van der Waals surface area contributed by atoms with Crippen molar-refractivity contribution < 1.29 is 0 Å². The Labute approximate surface area is 341 Å². The first-order valence-corrected chi connectivity index (χ1v) is 20.2. The van der Waals surface area contributed by atoms with Crippen molar-refractivity contribution in [1.29, 1.82) is 0 Å². The number of para-hydroxylation sites is 2. The molecule has 0 atom stereocenters. The molecule has 0 aromatic heterocycles. The van der Waals surface area contributed by atoms with Gasteiger partial charge in [0.05, 0.1) is 11.4 Å². The molecule has 0 bridgehead atoms. The summed E-state index contributed by atoms with van der Waals surface area (Å²) in [7, 11) is 0. The Hall–Kier alpha value is -7.16. The first-order chi connectivity index (χ1) is 28.4. The molecule has 2 nitrogen and oxygen atoms in total. The zero-order valence-electron chi connectivity index (χ0n) is 33.4. The molecular weight excluding hydrogens is 701 g/mol. The van der Waals surface area contributed by atoms with Gasteiger partial charge < -0.3 is 9.80 Å². The second-order valence-electron chi connectivity index (χ2n) is 15.6. The van der Waals surface area contributed by atoms with E-state index in [9.17, 15) is 0 Å². The summed E-state index contributed by atoms with van der Waals surface area (Å²) in [6.45, 7) is 8.84. The molecule has 0 radical (unpaired) electrons. The summed E-state index contributed by atoms with van der Waals surface area (Å²) >= 11 is 0. The molecule has 0 aliphatic heterocycles. The van der Waals surface area contributed by atoms with E-state index in [0.29, 0.717) is 0 Å². The smallest absolute Gasteiger partial charge is 0.0540 e. The summed E-state index contributed by atoms with van der Waals surface area (Å²) < 4.78 is 0. The van der Waals surface area contributed by atoms with Gasteiger partial charge in [0.15, 0.2) is 0 Å². The summed E-state index contributed by atoms with van der Waals surface area (Å²) in [6.07, 6.45) is 0. The van der Waals surface area contributed by atoms with Crippen LogP contribution < -0.4 is 9.80 Å². The van der Waals surface area contributed by atoms with Crippen LogP contribution in [0.15, 0.2) is 194 Å². The predicted molar refractivity (Wildman–Crippen MR) is 249 cm³/mol. The zero-order valence-corrected chi connectivity index (χ0v) is 33.4. The Kier molecular flexibility index (Phi) is 8.76.